The van der Waals surface area contributed by atoms with E-state index in [0.717, 1.165) is 13.1 Å². The maximum Gasteiger partial charge on any atom is 0.244 e. The van der Waals surface area contributed by atoms with Crippen molar-refractivity contribution in [3.63, 3.8) is 0 Å². The number of aromatic nitrogens is 3. The first-order chi connectivity index (χ1) is 8.22. The van der Waals surface area contributed by atoms with E-state index in [-0.39, 0.29) is 24.1 Å². The van der Waals surface area contributed by atoms with Gasteiger partial charge in [-0.2, -0.15) is 5.10 Å². The molecule has 94 valence electrons. The fourth-order valence-corrected chi connectivity index (χ4v) is 1.89. The molecule has 0 aromatic carbocycles. The van der Waals surface area contributed by atoms with Gasteiger partial charge in [-0.05, 0) is 6.92 Å². The van der Waals surface area contributed by atoms with Crippen molar-refractivity contribution >= 4 is 5.91 Å². The van der Waals surface area contributed by atoms with Gasteiger partial charge in [-0.15, -0.1) is 0 Å². The fourth-order valence-electron chi connectivity index (χ4n) is 1.89. The summed E-state index contributed by atoms with van der Waals surface area (Å²) in [6.07, 6.45) is 2.98. The number of nitrogens with zero attached hydrogens (tertiary/aromatic N) is 3. The summed E-state index contributed by atoms with van der Waals surface area (Å²) in [4.78, 5) is 15.8. The Kier molecular flexibility index (Phi) is 3.70. The van der Waals surface area contributed by atoms with E-state index < -0.39 is 0 Å². The van der Waals surface area contributed by atoms with E-state index in [9.17, 15) is 4.79 Å². The molecule has 2 heterocycles. The summed E-state index contributed by atoms with van der Waals surface area (Å²) < 4.78 is 6.81. The molecular weight excluding hydrogens is 222 g/mol. The van der Waals surface area contributed by atoms with E-state index in [1.165, 1.54) is 17.3 Å². The largest absolute Gasteiger partial charge is 0.378 e. The van der Waals surface area contributed by atoms with E-state index in [0.29, 0.717) is 0 Å². The lowest BCUT2D eigenvalue weighted by Gasteiger charge is -2.20. The number of amides is 1. The number of hydrogen-bond acceptors (Lipinski definition) is 5. The zero-order valence-corrected chi connectivity index (χ0v) is 9.96. The van der Waals surface area contributed by atoms with Gasteiger partial charge in [-0.25, -0.2) is 9.67 Å². The Morgan fingerprint density at radius 2 is 2.47 bits per heavy atom. The summed E-state index contributed by atoms with van der Waals surface area (Å²) in [5.41, 5.74) is 0. The Labute approximate surface area is 99.5 Å². The van der Waals surface area contributed by atoms with Crippen molar-refractivity contribution in [3.8, 4) is 0 Å². The van der Waals surface area contributed by atoms with Crippen molar-refractivity contribution in [3.05, 3.63) is 12.7 Å². The fraction of sp³-hybridized carbons (Fsp3) is 0.700. The molecule has 2 unspecified atom stereocenters. The molecule has 7 nitrogen and oxygen atoms in total. The smallest absolute Gasteiger partial charge is 0.244 e. The number of hydrogen-bond donors (Lipinski definition) is 2. The van der Waals surface area contributed by atoms with Gasteiger partial charge in [-0.1, -0.05) is 0 Å². The minimum absolute atomic E-state index is 0.0125. The molecule has 7 heteroatoms. The average Bonchev–Trinajstić information content (AvgIpc) is 2.98. The number of ether oxygens (including phenoxy) is 1. The molecule has 1 aliphatic rings. The number of carbonyl (C=O) groups is 1. The lowest BCUT2D eigenvalue weighted by Crippen LogP contribution is -2.45. The standard InChI is InChI=1S/C10H17N5O2/c1-7(15-6-12-5-13-15)10(16)14-8-3-11-4-9(8)17-2/h5-9,11H,3-4H2,1-2H3,(H,14,16)/t7?,8?,9-/m0/s1. The lowest BCUT2D eigenvalue weighted by atomic mass is 10.2. The molecule has 1 amide bonds. The van der Waals surface area contributed by atoms with Crippen molar-refractivity contribution in [1.29, 1.82) is 0 Å². The normalized spacial score (nSPS) is 25.8. The van der Waals surface area contributed by atoms with Crippen molar-refractivity contribution in [2.75, 3.05) is 20.2 Å². The Morgan fingerprint density at radius 3 is 3.12 bits per heavy atom. The van der Waals surface area contributed by atoms with Gasteiger partial charge in [0, 0.05) is 20.2 Å². The predicted molar refractivity (Wildman–Crippen MR) is 60.3 cm³/mol. The van der Waals surface area contributed by atoms with E-state index in [2.05, 4.69) is 20.7 Å². The highest BCUT2D eigenvalue weighted by Crippen LogP contribution is 2.07. The third kappa shape index (κ3) is 2.62. The highest BCUT2D eigenvalue weighted by atomic mass is 16.5. The van der Waals surface area contributed by atoms with Crippen LogP contribution in [-0.4, -0.2) is 53.0 Å². The van der Waals surface area contributed by atoms with Crippen LogP contribution >= 0.6 is 0 Å². The first kappa shape index (κ1) is 12.0. The minimum Gasteiger partial charge on any atom is -0.378 e. The van der Waals surface area contributed by atoms with Gasteiger partial charge in [0.05, 0.1) is 12.1 Å². The van der Waals surface area contributed by atoms with Crippen LogP contribution in [-0.2, 0) is 9.53 Å². The third-order valence-corrected chi connectivity index (χ3v) is 3.00. The molecule has 2 rings (SSSR count). The zero-order valence-electron chi connectivity index (χ0n) is 9.96. The quantitative estimate of drug-likeness (QED) is 0.700. The molecule has 0 saturated carbocycles. The van der Waals surface area contributed by atoms with Gasteiger partial charge >= 0.3 is 0 Å². The molecule has 1 fully saturated rings. The van der Waals surface area contributed by atoms with Gasteiger partial charge in [0.1, 0.15) is 18.7 Å². The van der Waals surface area contributed by atoms with Crippen molar-refractivity contribution in [1.82, 2.24) is 25.4 Å². The van der Waals surface area contributed by atoms with Crippen LogP contribution in [0.2, 0.25) is 0 Å². The molecule has 17 heavy (non-hydrogen) atoms. The van der Waals surface area contributed by atoms with Gasteiger partial charge < -0.3 is 15.4 Å². The van der Waals surface area contributed by atoms with Gasteiger partial charge in [-0.3, -0.25) is 4.79 Å². The summed E-state index contributed by atoms with van der Waals surface area (Å²) in [5.74, 6) is -0.0775. The second-order valence-corrected chi connectivity index (χ2v) is 4.10. The molecule has 0 spiro atoms. The Balaban J connectivity index is 1.92. The van der Waals surface area contributed by atoms with Crippen LogP contribution in [0.15, 0.2) is 12.7 Å². The second-order valence-electron chi connectivity index (χ2n) is 4.10. The maximum atomic E-state index is 12.0. The van der Waals surface area contributed by atoms with Crippen LogP contribution in [0.3, 0.4) is 0 Å². The average molecular weight is 239 g/mol. The highest BCUT2D eigenvalue weighted by molar-refractivity contribution is 5.80. The Bertz CT molecular complexity index is 367. The SMILES string of the molecule is CO[C@H]1CNCC1NC(=O)C(C)n1cncn1. The number of carbonyl (C=O) groups excluding carboxylic acids is 1. The van der Waals surface area contributed by atoms with Crippen LogP contribution < -0.4 is 10.6 Å². The lowest BCUT2D eigenvalue weighted by molar-refractivity contribution is -0.125. The summed E-state index contributed by atoms with van der Waals surface area (Å²) in [6.45, 7) is 3.28. The maximum absolute atomic E-state index is 12.0. The van der Waals surface area contributed by atoms with E-state index in [1.54, 1.807) is 14.0 Å². The third-order valence-electron chi connectivity index (χ3n) is 3.00. The van der Waals surface area contributed by atoms with Crippen molar-refractivity contribution in [2.45, 2.75) is 25.1 Å². The molecule has 1 aromatic heterocycles. The summed E-state index contributed by atoms with van der Waals surface area (Å²) in [5, 5.41) is 10.1. The Hall–Kier alpha value is -1.47. The van der Waals surface area contributed by atoms with Gasteiger partial charge in [0.2, 0.25) is 5.91 Å². The number of nitrogens with one attached hydrogen (secondary N) is 2. The zero-order chi connectivity index (χ0) is 12.3. The second kappa shape index (κ2) is 5.24. The summed E-state index contributed by atoms with van der Waals surface area (Å²) >= 11 is 0. The van der Waals surface area contributed by atoms with Crippen LogP contribution in [0.5, 0.6) is 0 Å². The number of rotatable bonds is 4. The monoisotopic (exact) mass is 239 g/mol. The minimum atomic E-state index is -0.365. The molecule has 3 atom stereocenters. The molecule has 0 aliphatic carbocycles. The molecule has 1 aromatic rings. The van der Waals surface area contributed by atoms with E-state index in [1.807, 2.05) is 0 Å². The van der Waals surface area contributed by atoms with Crippen LogP contribution in [0, 0.1) is 0 Å². The van der Waals surface area contributed by atoms with Crippen LogP contribution in [0.1, 0.15) is 13.0 Å². The van der Waals surface area contributed by atoms with Crippen LogP contribution in [0.4, 0.5) is 0 Å². The molecule has 2 N–H and O–H groups in total. The van der Waals surface area contributed by atoms with Gasteiger partial charge in [0.25, 0.3) is 0 Å². The topological polar surface area (TPSA) is 81.1 Å². The van der Waals surface area contributed by atoms with Crippen molar-refractivity contribution < 1.29 is 9.53 Å². The Morgan fingerprint density at radius 1 is 1.65 bits per heavy atom. The highest BCUT2D eigenvalue weighted by Gasteiger charge is 2.29. The van der Waals surface area contributed by atoms with E-state index >= 15 is 0 Å². The van der Waals surface area contributed by atoms with Crippen molar-refractivity contribution in [2.24, 2.45) is 0 Å². The first-order valence-corrected chi connectivity index (χ1v) is 5.60. The molecule has 1 aliphatic heterocycles. The molecule has 0 bridgehead atoms. The van der Waals surface area contributed by atoms with Gasteiger partial charge in [0.15, 0.2) is 0 Å². The molecule has 1 saturated heterocycles. The van der Waals surface area contributed by atoms with Crippen LogP contribution in [0.25, 0.3) is 0 Å². The van der Waals surface area contributed by atoms with E-state index in [4.69, 9.17) is 4.74 Å². The first-order valence-electron chi connectivity index (χ1n) is 5.60. The number of methoxy groups -OCH3 is 1. The summed E-state index contributed by atoms with van der Waals surface area (Å²) in [7, 11) is 1.65. The predicted octanol–water partition coefficient (Wildman–Crippen LogP) is -1.06. The molecular formula is C10H17N5O2. The summed E-state index contributed by atoms with van der Waals surface area (Å²) in [6, 6.07) is -0.353. The molecule has 0 radical (unpaired) electrons.